The van der Waals surface area contributed by atoms with Gasteiger partial charge in [0.2, 0.25) is 0 Å². The van der Waals surface area contributed by atoms with Gasteiger partial charge in [-0.05, 0) is 87.0 Å². The zero-order chi connectivity index (χ0) is 19.2. The number of halogens is 1. The number of hydrogen-bond donors (Lipinski definition) is 2. The number of ether oxygens (including phenoxy) is 1. The molecule has 4 bridgehead atoms. The second-order valence-electron chi connectivity index (χ2n) is 8.99. The van der Waals surface area contributed by atoms with Crippen LogP contribution < -0.4 is 5.32 Å². The van der Waals surface area contributed by atoms with Crippen molar-refractivity contribution in [2.75, 3.05) is 5.32 Å². The summed E-state index contributed by atoms with van der Waals surface area (Å²) in [5.74, 6) is 0.332. The van der Waals surface area contributed by atoms with Crippen LogP contribution in [0.3, 0.4) is 0 Å². The number of carbonyl (C=O) groups is 2. The second-order valence-corrected chi connectivity index (χ2v) is 9.43. The van der Waals surface area contributed by atoms with Crippen LogP contribution in [0.15, 0.2) is 24.3 Å². The Morgan fingerprint density at radius 2 is 1.85 bits per heavy atom. The maximum atomic E-state index is 12.5. The zero-order valence-corrected chi connectivity index (χ0v) is 16.3. The molecule has 2 N–H and O–H groups in total. The van der Waals surface area contributed by atoms with E-state index in [9.17, 15) is 14.7 Å². The van der Waals surface area contributed by atoms with Gasteiger partial charge in [-0.2, -0.15) is 0 Å². The van der Waals surface area contributed by atoms with Crippen LogP contribution in [-0.2, 0) is 14.3 Å². The third kappa shape index (κ3) is 3.99. The molecule has 4 fully saturated rings. The fourth-order valence-electron chi connectivity index (χ4n) is 5.98. The van der Waals surface area contributed by atoms with E-state index in [1.807, 2.05) is 0 Å². The SMILES string of the molecule is C[C@@H](OC(=O)CC12C[C@@H]3C[C@@H](CC(O)(C3)C1)C2)C(=O)Nc1ccc(Cl)cc1. The molecule has 5 nitrogen and oxygen atoms in total. The predicted molar refractivity (Wildman–Crippen MR) is 102 cm³/mol. The van der Waals surface area contributed by atoms with Crippen molar-refractivity contribution in [2.45, 2.75) is 63.6 Å². The number of anilines is 1. The molecule has 0 heterocycles. The average Bonchev–Trinajstić information content (AvgIpc) is 2.53. The first-order valence-electron chi connectivity index (χ1n) is 9.73. The van der Waals surface area contributed by atoms with Crippen LogP contribution in [0.4, 0.5) is 5.69 Å². The van der Waals surface area contributed by atoms with Gasteiger partial charge >= 0.3 is 5.97 Å². The Hall–Kier alpha value is -1.59. The van der Waals surface area contributed by atoms with Crippen molar-refractivity contribution in [1.82, 2.24) is 0 Å². The molecule has 0 spiro atoms. The van der Waals surface area contributed by atoms with E-state index in [0.29, 0.717) is 35.4 Å². The van der Waals surface area contributed by atoms with Crippen molar-refractivity contribution in [3.8, 4) is 0 Å². The minimum absolute atomic E-state index is 0.151. The maximum Gasteiger partial charge on any atom is 0.307 e. The van der Waals surface area contributed by atoms with Crippen LogP contribution in [0.2, 0.25) is 5.02 Å². The van der Waals surface area contributed by atoms with Crippen molar-refractivity contribution in [3.05, 3.63) is 29.3 Å². The lowest BCUT2D eigenvalue weighted by Crippen LogP contribution is -2.56. The molecule has 0 aliphatic heterocycles. The smallest absolute Gasteiger partial charge is 0.307 e. The van der Waals surface area contributed by atoms with Gasteiger partial charge in [-0.3, -0.25) is 9.59 Å². The van der Waals surface area contributed by atoms with Crippen molar-refractivity contribution >= 4 is 29.2 Å². The third-order valence-corrected chi connectivity index (χ3v) is 6.71. The van der Waals surface area contributed by atoms with Gasteiger partial charge in [0.25, 0.3) is 5.91 Å². The topological polar surface area (TPSA) is 75.6 Å². The van der Waals surface area contributed by atoms with Gasteiger partial charge in [0.1, 0.15) is 0 Å². The monoisotopic (exact) mass is 391 g/mol. The molecule has 5 rings (SSSR count). The molecule has 4 aliphatic rings. The number of rotatable bonds is 5. The van der Waals surface area contributed by atoms with Gasteiger partial charge in [0.05, 0.1) is 12.0 Å². The molecular formula is C21H26ClNO4. The molecule has 4 aliphatic carbocycles. The second kappa shape index (κ2) is 6.78. The first-order chi connectivity index (χ1) is 12.7. The van der Waals surface area contributed by atoms with Crippen molar-refractivity contribution in [3.63, 3.8) is 0 Å². The van der Waals surface area contributed by atoms with E-state index in [1.54, 1.807) is 31.2 Å². The summed E-state index contributed by atoms with van der Waals surface area (Å²) in [7, 11) is 0. The van der Waals surface area contributed by atoms with Crippen LogP contribution in [0, 0.1) is 17.3 Å². The molecule has 27 heavy (non-hydrogen) atoms. The van der Waals surface area contributed by atoms with Gasteiger partial charge in [-0.25, -0.2) is 0 Å². The highest BCUT2D eigenvalue weighted by Gasteiger charge is 2.57. The predicted octanol–water partition coefficient (Wildman–Crippen LogP) is 3.93. The normalized spacial score (nSPS) is 34.9. The highest BCUT2D eigenvalue weighted by Crippen LogP contribution is 2.62. The van der Waals surface area contributed by atoms with Crippen molar-refractivity contribution in [2.24, 2.45) is 17.3 Å². The third-order valence-electron chi connectivity index (χ3n) is 6.46. The summed E-state index contributed by atoms with van der Waals surface area (Å²) in [5.41, 5.74) is -0.139. The first-order valence-corrected chi connectivity index (χ1v) is 10.1. The molecule has 1 amide bonds. The Balaban J connectivity index is 1.34. The fraction of sp³-hybridized carbons (Fsp3) is 0.619. The number of carbonyl (C=O) groups excluding carboxylic acids is 2. The Morgan fingerprint density at radius 1 is 1.22 bits per heavy atom. The van der Waals surface area contributed by atoms with Gasteiger partial charge in [-0.1, -0.05) is 11.6 Å². The molecule has 1 aromatic carbocycles. The number of benzene rings is 1. The summed E-state index contributed by atoms with van der Waals surface area (Å²) in [6.07, 6.45) is 5.02. The number of hydrogen-bond acceptors (Lipinski definition) is 4. The molecule has 2 unspecified atom stereocenters. The van der Waals surface area contributed by atoms with Gasteiger partial charge in [-0.15, -0.1) is 0 Å². The summed E-state index contributed by atoms with van der Waals surface area (Å²) >= 11 is 5.84. The number of aliphatic hydroxyl groups is 1. The van der Waals surface area contributed by atoms with E-state index in [1.165, 1.54) is 6.42 Å². The lowest BCUT2D eigenvalue weighted by Gasteiger charge is -2.60. The van der Waals surface area contributed by atoms with E-state index in [0.717, 1.165) is 25.7 Å². The summed E-state index contributed by atoms with van der Waals surface area (Å²) in [6.45, 7) is 1.58. The number of nitrogens with one attached hydrogen (secondary N) is 1. The fourth-order valence-corrected chi connectivity index (χ4v) is 6.11. The Bertz CT molecular complexity index is 733. The highest BCUT2D eigenvalue weighted by molar-refractivity contribution is 6.30. The van der Waals surface area contributed by atoms with Crippen LogP contribution in [0.1, 0.15) is 51.9 Å². The molecule has 0 radical (unpaired) electrons. The lowest BCUT2D eigenvalue weighted by molar-refractivity contribution is -0.179. The molecule has 5 atom stereocenters. The molecule has 6 heteroatoms. The van der Waals surface area contributed by atoms with E-state index in [-0.39, 0.29) is 17.3 Å². The van der Waals surface area contributed by atoms with E-state index in [4.69, 9.17) is 16.3 Å². The van der Waals surface area contributed by atoms with Crippen LogP contribution in [0.5, 0.6) is 0 Å². The minimum atomic E-state index is -0.870. The zero-order valence-electron chi connectivity index (χ0n) is 15.5. The van der Waals surface area contributed by atoms with Crippen molar-refractivity contribution in [1.29, 1.82) is 0 Å². The summed E-state index contributed by atoms with van der Waals surface area (Å²) in [6, 6.07) is 6.77. The Labute approximate surface area is 164 Å². The van der Waals surface area contributed by atoms with E-state index < -0.39 is 11.7 Å². The average molecular weight is 392 g/mol. The Kier molecular flexibility index (Phi) is 4.71. The molecule has 4 saturated carbocycles. The van der Waals surface area contributed by atoms with Gasteiger partial charge < -0.3 is 15.2 Å². The molecular weight excluding hydrogens is 366 g/mol. The van der Waals surface area contributed by atoms with Gasteiger partial charge in [0.15, 0.2) is 6.10 Å². The molecule has 1 aromatic rings. The molecule has 146 valence electrons. The highest BCUT2D eigenvalue weighted by atomic mass is 35.5. The van der Waals surface area contributed by atoms with Crippen molar-refractivity contribution < 1.29 is 19.4 Å². The molecule has 0 saturated heterocycles. The minimum Gasteiger partial charge on any atom is -0.453 e. The summed E-state index contributed by atoms with van der Waals surface area (Å²) < 4.78 is 5.42. The largest absolute Gasteiger partial charge is 0.453 e. The first kappa shape index (κ1) is 18.8. The Morgan fingerprint density at radius 3 is 2.44 bits per heavy atom. The lowest BCUT2D eigenvalue weighted by atomic mass is 9.47. The molecule has 0 aromatic heterocycles. The summed E-state index contributed by atoms with van der Waals surface area (Å²) in [4.78, 5) is 24.8. The summed E-state index contributed by atoms with van der Waals surface area (Å²) in [5, 5.41) is 14.1. The van der Waals surface area contributed by atoms with Crippen LogP contribution in [-0.4, -0.2) is 28.7 Å². The quantitative estimate of drug-likeness (QED) is 0.745. The standard InChI is InChI=1S/C21H26ClNO4/c1-13(19(25)23-17-4-2-16(22)3-5-17)27-18(24)11-20-7-14-6-15(8-20)10-21(26,9-14)12-20/h2-5,13-15,26H,6-12H2,1H3,(H,23,25)/t13-,14-,15+,20?,21?/m1/s1. The number of esters is 1. The maximum absolute atomic E-state index is 12.5. The van der Waals surface area contributed by atoms with Crippen LogP contribution >= 0.6 is 11.6 Å². The van der Waals surface area contributed by atoms with Gasteiger partial charge in [0, 0.05) is 10.7 Å². The van der Waals surface area contributed by atoms with E-state index >= 15 is 0 Å². The van der Waals surface area contributed by atoms with Crippen LogP contribution in [0.25, 0.3) is 0 Å². The van der Waals surface area contributed by atoms with E-state index in [2.05, 4.69) is 5.32 Å². The number of amides is 1.